The number of halogens is 1. The zero-order valence-electron chi connectivity index (χ0n) is 19.0. The van der Waals surface area contributed by atoms with Crippen LogP contribution in [0.1, 0.15) is 58.3 Å². The van der Waals surface area contributed by atoms with E-state index in [1.807, 2.05) is 14.1 Å². The Kier molecular flexibility index (Phi) is 10.6. The number of hydrogen-bond acceptors (Lipinski definition) is 4. The van der Waals surface area contributed by atoms with Gasteiger partial charge in [0.15, 0.2) is 5.96 Å². The number of rotatable bonds is 7. The summed E-state index contributed by atoms with van der Waals surface area (Å²) in [6, 6.07) is 0. The number of hydrogen-bond donors (Lipinski definition) is 1. The summed E-state index contributed by atoms with van der Waals surface area (Å²) in [4.78, 5) is 21.9. The number of carbonyl (C=O) groups is 1. The van der Waals surface area contributed by atoms with Crippen molar-refractivity contribution in [2.24, 2.45) is 10.4 Å². The summed E-state index contributed by atoms with van der Waals surface area (Å²) in [6.45, 7) is 7.02. The van der Waals surface area contributed by atoms with Crippen LogP contribution in [0.4, 0.5) is 0 Å². The smallest absolute Gasteiger partial charge is 0.230 e. The fourth-order valence-electron chi connectivity index (χ4n) is 4.87. The Morgan fingerprint density at radius 3 is 2.47 bits per heavy atom. The van der Waals surface area contributed by atoms with Crippen LogP contribution in [-0.4, -0.2) is 87.4 Å². The van der Waals surface area contributed by atoms with Crippen molar-refractivity contribution >= 4 is 35.8 Å². The molecule has 1 aliphatic carbocycles. The van der Waals surface area contributed by atoms with Crippen LogP contribution in [0, 0.1) is 5.41 Å². The van der Waals surface area contributed by atoms with Gasteiger partial charge in [-0.25, -0.2) is 0 Å². The second kappa shape index (κ2) is 12.4. The number of nitrogens with zero attached hydrogens (tertiary/aromatic N) is 3. The van der Waals surface area contributed by atoms with E-state index in [0.29, 0.717) is 18.8 Å². The molecule has 0 bridgehead atoms. The predicted molar refractivity (Wildman–Crippen MR) is 131 cm³/mol. The number of amides is 1. The van der Waals surface area contributed by atoms with Crippen molar-refractivity contribution in [1.82, 2.24) is 15.1 Å². The van der Waals surface area contributed by atoms with Crippen molar-refractivity contribution in [3.05, 3.63) is 0 Å². The molecule has 174 valence electrons. The lowest BCUT2D eigenvalue weighted by atomic mass is 9.85. The van der Waals surface area contributed by atoms with Gasteiger partial charge >= 0.3 is 0 Å². The van der Waals surface area contributed by atoms with Gasteiger partial charge in [-0.15, -0.1) is 24.0 Å². The third-order valence-corrected chi connectivity index (χ3v) is 6.57. The van der Waals surface area contributed by atoms with Crippen LogP contribution in [0.15, 0.2) is 4.99 Å². The minimum Gasteiger partial charge on any atom is -0.376 e. The Labute approximate surface area is 199 Å². The van der Waals surface area contributed by atoms with Gasteiger partial charge in [0.2, 0.25) is 5.91 Å². The monoisotopic (exact) mass is 536 g/mol. The Morgan fingerprint density at radius 2 is 1.90 bits per heavy atom. The molecule has 0 aromatic heterocycles. The number of piperidine rings is 1. The first-order valence-electron chi connectivity index (χ1n) is 11.5. The maximum absolute atomic E-state index is 12.8. The second-order valence-corrected chi connectivity index (χ2v) is 9.01. The van der Waals surface area contributed by atoms with Crippen molar-refractivity contribution in [3.63, 3.8) is 0 Å². The molecule has 1 amide bonds. The number of aliphatic imine (C=N–C) groups is 1. The number of ether oxygens (including phenoxy) is 2. The van der Waals surface area contributed by atoms with Crippen LogP contribution in [0.25, 0.3) is 0 Å². The second-order valence-electron chi connectivity index (χ2n) is 9.01. The molecule has 7 nitrogen and oxygen atoms in total. The zero-order chi connectivity index (χ0) is 20.7. The highest BCUT2D eigenvalue weighted by atomic mass is 127. The molecule has 3 rings (SSSR count). The van der Waals surface area contributed by atoms with Crippen LogP contribution in [-0.2, 0) is 14.3 Å². The number of nitrogens with one attached hydrogen (secondary N) is 1. The van der Waals surface area contributed by atoms with E-state index < -0.39 is 0 Å². The topological polar surface area (TPSA) is 66.4 Å². The standard InChI is InChI=1S/C22H40N4O3.HI/c1-4-23-21(24-17-22(11-5-6-12-22)20(27)25(2)3)26-13-9-18(10-14-26)29-16-19-8-7-15-28-19;/h18-19H,4-17H2,1-3H3,(H,23,24);1H. The lowest BCUT2D eigenvalue weighted by molar-refractivity contribution is -0.138. The molecule has 8 heteroatoms. The molecular formula is C22H41IN4O3. The summed E-state index contributed by atoms with van der Waals surface area (Å²) in [5.74, 6) is 1.18. The van der Waals surface area contributed by atoms with Gasteiger partial charge in [-0.2, -0.15) is 0 Å². The molecule has 1 unspecified atom stereocenters. The van der Waals surface area contributed by atoms with Gasteiger partial charge in [-0.1, -0.05) is 12.8 Å². The average molecular weight is 536 g/mol. The molecule has 0 aromatic rings. The summed E-state index contributed by atoms with van der Waals surface area (Å²) in [6.07, 6.45) is 9.07. The summed E-state index contributed by atoms with van der Waals surface area (Å²) < 4.78 is 11.8. The highest BCUT2D eigenvalue weighted by Gasteiger charge is 2.42. The van der Waals surface area contributed by atoms with Crippen LogP contribution in [0.5, 0.6) is 0 Å². The number of carbonyl (C=O) groups excluding carboxylic acids is 1. The lowest BCUT2D eigenvalue weighted by Crippen LogP contribution is -2.48. The fraction of sp³-hybridized carbons (Fsp3) is 0.909. The van der Waals surface area contributed by atoms with E-state index in [2.05, 4.69) is 17.1 Å². The van der Waals surface area contributed by atoms with Crippen molar-refractivity contribution in [1.29, 1.82) is 0 Å². The fourth-order valence-corrected chi connectivity index (χ4v) is 4.87. The van der Waals surface area contributed by atoms with E-state index in [1.165, 1.54) is 0 Å². The molecule has 1 N–H and O–H groups in total. The first-order valence-corrected chi connectivity index (χ1v) is 11.5. The Morgan fingerprint density at radius 1 is 1.20 bits per heavy atom. The summed E-state index contributed by atoms with van der Waals surface area (Å²) >= 11 is 0. The molecule has 0 radical (unpaired) electrons. The number of guanidine groups is 1. The lowest BCUT2D eigenvalue weighted by Gasteiger charge is -2.35. The van der Waals surface area contributed by atoms with Crippen LogP contribution >= 0.6 is 24.0 Å². The molecule has 2 aliphatic heterocycles. The van der Waals surface area contributed by atoms with Gasteiger partial charge in [0.05, 0.1) is 30.8 Å². The zero-order valence-corrected chi connectivity index (χ0v) is 21.4. The summed E-state index contributed by atoms with van der Waals surface area (Å²) in [5, 5.41) is 3.44. The van der Waals surface area contributed by atoms with Crippen molar-refractivity contribution in [3.8, 4) is 0 Å². The van der Waals surface area contributed by atoms with Crippen molar-refractivity contribution in [2.45, 2.75) is 70.5 Å². The normalized spacial score (nSPS) is 24.6. The van der Waals surface area contributed by atoms with Gasteiger partial charge in [0, 0.05) is 40.3 Å². The van der Waals surface area contributed by atoms with E-state index in [4.69, 9.17) is 14.5 Å². The quantitative estimate of drug-likeness (QED) is 0.308. The van der Waals surface area contributed by atoms with Crippen molar-refractivity contribution in [2.75, 3.05) is 53.5 Å². The van der Waals surface area contributed by atoms with E-state index in [1.54, 1.807) is 4.90 Å². The molecule has 3 fully saturated rings. The predicted octanol–water partition coefficient (Wildman–Crippen LogP) is 2.88. The highest BCUT2D eigenvalue weighted by Crippen LogP contribution is 2.39. The summed E-state index contributed by atoms with van der Waals surface area (Å²) in [5.41, 5.74) is -0.313. The molecule has 0 spiro atoms. The highest BCUT2D eigenvalue weighted by molar-refractivity contribution is 14.0. The Hall–Kier alpha value is -0.610. The van der Waals surface area contributed by atoms with Crippen LogP contribution in [0.3, 0.4) is 0 Å². The largest absolute Gasteiger partial charge is 0.376 e. The number of likely N-dealkylation sites (tertiary alicyclic amines) is 1. The van der Waals surface area contributed by atoms with Gasteiger partial charge in [0.25, 0.3) is 0 Å². The Bertz CT molecular complexity index is 553. The molecule has 2 saturated heterocycles. The molecule has 30 heavy (non-hydrogen) atoms. The minimum atomic E-state index is -0.313. The molecular weight excluding hydrogens is 495 g/mol. The molecule has 2 heterocycles. The van der Waals surface area contributed by atoms with Gasteiger partial charge < -0.3 is 24.6 Å². The summed E-state index contributed by atoms with van der Waals surface area (Å²) in [7, 11) is 3.72. The maximum atomic E-state index is 12.8. The first-order chi connectivity index (χ1) is 14.0. The SMILES string of the molecule is CCNC(=NCC1(C(=O)N(C)C)CCCC1)N1CCC(OCC2CCCO2)CC1.I. The van der Waals surface area contributed by atoms with Gasteiger partial charge in [-0.05, 0) is 45.4 Å². The van der Waals surface area contributed by atoms with Gasteiger partial charge in [-0.3, -0.25) is 9.79 Å². The van der Waals surface area contributed by atoms with Crippen LogP contribution < -0.4 is 5.32 Å². The van der Waals surface area contributed by atoms with E-state index >= 15 is 0 Å². The van der Waals surface area contributed by atoms with E-state index in [0.717, 1.165) is 90.2 Å². The van der Waals surface area contributed by atoms with Crippen LogP contribution in [0.2, 0.25) is 0 Å². The van der Waals surface area contributed by atoms with E-state index in [-0.39, 0.29) is 35.3 Å². The average Bonchev–Trinajstić information content (AvgIpc) is 3.42. The molecule has 3 aliphatic rings. The molecule has 0 aromatic carbocycles. The molecule has 1 atom stereocenters. The third-order valence-electron chi connectivity index (χ3n) is 6.57. The van der Waals surface area contributed by atoms with Crippen molar-refractivity contribution < 1.29 is 14.3 Å². The third kappa shape index (κ3) is 6.69. The molecule has 1 saturated carbocycles. The first kappa shape index (κ1) is 25.6. The van der Waals surface area contributed by atoms with Gasteiger partial charge in [0.1, 0.15) is 0 Å². The van der Waals surface area contributed by atoms with E-state index in [9.17, 15) is 4.79 Å². The Balaban J connectivity index is 0.00000320. The maximum Gasteiger partial charge on any atom is 0.230 e. The minimum absolute atomic E-state index is 0.